The first-order chi connectivity index (χ1) is 12.9. The van der Waals surface area contributed by atoms with Gasteiger partial charge in [0.15, 0.2) is 10.6 Å². The van der Waals surface area contributed by atoms with Crippen LogP contribution >= 0.6 is 12.2 Å². The number of aromatic nitrogens is 3. The molecule has 1 aromatic heterocycles. The molecule has 10 heteroatoms. The van der Waals surface area contributed by atoms with Crippen LogP contribution in [0.25, 0.3) is 0 Å². The van der Waals surface area contributed by atoms with Gasteiger partial charge in [0.05, 0.1) is 11.4 Å². The monoisotopic (exact) mass is 409 g/mol. The molecule has 2 N–H and O–H groups in total. The van der Waals surface area contributed by atoms with Gasteiger partial charge in [-0.25, -0.2) is 8.42 Å². The molecular formula is C17H23N5O3S2. The summed E-state index contributed by atoms with van der Waals surface area (Å²) in [7, 11) is -3.57. The van der Waals surface area contributed by atoms with Crippen molar-refractivity contribution in [3.63, 3.8) is 0 Å². The molecule has 27 heavy (non-hydrogen) atoms. The molecule has 146 valence electrons. The van der Waals surface area contributed by atoms with Crippen molar-refractivity contribution in [1.82, 2.24) is 24.4 Å². The third-order valence-electron chi connectivity index (χ3n) is 4.61. The Morgan fingerprint density at radius 1 is 1.30 bits per heavy atom. The molecule has 1 aliphatic heterocycles. The molecule has 2 heterocycles. The molecule has 3 rings (SSSR count). The van der Waals surface area contributed by atoms with Gasteiger partial charge in [0.2, 0.25) is 10.0 Å². The van der Waals surface area contributed by atoms with Gasteiger partial charge >= 0.3 is 0 Å². The van der Waals surface area contributed by atoms with E-state index in [-0.39, 0.29) is 17.3 Å². The highest BCUT2D eigenvalue weighted by Crippen LogP contribution is 2.21. The molecule has 1 aromatic carbocycles. The van der Waals surface area contributed by atoms with Crippen LogP contribution in [0.5, 0.6) is 0 Å². The largest absolute Gasteiger partial charge is 0.345 e. The van der Waals surface area contributed by atoms with Crippen molar-refractivity contribution in [2.24, 2.45) is 0 Å². The van der Waals surface area contributed by atoms with Gasteiger partial charge in [0, 0.05) is 25.2 Å². The van der Waals surface area contributed by atoms with Gasteiger partial charge in [0.1, 0.15) is 0 Å². The first-order valence-electron chi connectivity index (χ1n) is 8.96. The Bertz CT molecular complexity index is 974. The lowest BCUT2D eigenvalue weighted by Crippen LogP contribution is -2.35. The zero-order valence-electron chi connectivity index (χ0n) is 15.1. The van der Waals surface area contributed by atoms with Crippen molar-refractivity contribution in [3.05, 3.63) is 40.4 Å². The fourth-order valence-corrected chi connectivity index (χ4v) is 4.97. The highest BCUT2D eigenvalue weighted by atomic mass is 32.2. The Morgan fingerprint density at radius 3 is 2.74 bits per heavy atom. The maximum absolute atomic E-state index is 12.8. The third kappa shape index (κ3) is 4.28. The van der Waals surface area contributed by atoms with Crippen LogP contribution in [0, 0.1) is 4.77 Å². The second kappa shape index (κ2) is 8.32. The lowest BCUT2D eigenvalue weighted by Gasteiger charge is -2.26. The number of carbonyl (C=O) groups is 1. The second-order valence-corrected chi connectivity index (χ2v) is 8.69. The van der Waals surface area contributed by atoms with E-state index in [4.69, 9.17) is 12.2 Å². The maximum Gasteiger partial charge on any atom is 0.251 e. The van der Waals surface area contributed by atoms with E-state index in [0.29, 0.717) is 35.8 Å². The number of rotatable bonds is 6. The highest BCUT2D eigenvalue weighted by molar-refractivity contribution is 7.89. The van der Waals surface area contributed by atoms with Crippen molar-refractivity contribution >= 4 is 28.1 Å². The summed E-state index contributed by atoms with van der Waals surface area (Å²) in [5, 5.41) is 9.56. The molecule has 0 bridgehead atoms. The lowest BCUT2D eigenvalue weighted by molar-refractivity contribution is 0.0949. The van der Waals surface area contributed by atoms with Gasteiger partial charge in [-0.05, 0) is 50.2 Å². The SMILES string of the molecule is CCn1c(CNC(=O)c2cccc(S(=O)(=O)N3CCCCC3)c2)n[nH]c1=S. The number of nitrogens with zero attached hydrogens (tertiary/aromatic N) is 3. The van der Waals surface area contributed by atoms with E-state index in [9.17, 15) is 13.2 Å². The lowest BCUT2D eigenvalue weighted by atomic mass is 10.2. The average Bonchev–Trinajstić information content (AvgIpc) is 3.06. The first kappa shape index (κ1) is 19.7. The van der Waals surface area contributed by atoms with Gasteiger partial charge in [-0.2, -0.15) is 9.40 Å². The maximum atomic E-state index is 12.8. The van der Waals surface area contributed by atoms with Crippen molar-refractivity contribution in [1.29, 1.82) is 0 Å². The third-order valence-corrected chi connectivity index (χ3v) is 6.82. The van der Waals surface area contributed by atoms with Crippen LogP contribution in [-0.2, 0) is 23.1 Å². The summed E-state index contributed by atoms with van der Waals surface area (Å²) in [4.78, 5) is 12.6. The fraction of sp³-hybridized carbons (Fsp3) is 0.471. The van der Waals surface area contributed by atoms with Gasteiger partial charge in [-0.1, -0.05) is 12.5 Å². The van der Waals surface area contributed by atoms with Crippen molar-refractivity contribution in [2.75, 3.05) is 13.1 Å². The molecule has 0 unspecified atom stereocenters. The van der Waals surface area contributed by atoms with Crippen LogP contribution in [0.15, 0.2) is 29.2 Å². The molecule has 1 amide bonds. The number of piperidine rings is 1. The van der Waals surface area contributed by atoms with Crippen LogP contribution in [-0.4, -0.2) is 46.5 Å². The van der Waals surface area contributed by atoms with E-state index >= 15 is 0 Å². The zero-order chi connectivity index (χ0) is 19.4. The molecule has 0 saturated carbocycles. The van der Waals surface area contributed by atoms with Crippen molar-refractivity contribution < 1.29 is 13.2 Å². The number of aromatic amines is 1. The van der Waals surface area contributed by atoms with Gasteiger partial charge in [0.25, 0.3) is 5.91 Å². The number of H-pyrrole nitrogens is 1. The Balaban J connectivity index is 1.74. The number of hydrogen-bond acceptors (Lipinski definition) is 5. The summed E-state index contributed by atoms with van der Waals surface area (Å²) in [6.07, 6.45) is 2.78. The summed E-state index contributed by atoms with van der Waals surface area (Å²) < 4.78 is 29.4. The predicted molar refractivity (Wildman–Crippen MR) is 103 cm³/mol. The normalized spacial score (nSPS) is 15.6. The van der Waals surface area contributed by atoms with Crippen LogP contribution in [0.2, 0.25) is 0 Å². The molecular weight excluding hydrogens is 386 g/mol. The minimum atomic E-state index is -3.57. The summed E-state index contributed by atoms with van der Waals surface area (Å²) in [6.45, 7) is 3.83. The number of hydrogen-bond donors (Lipinski definition) is 2. The molecule has 0 radical (unpaired) electrons. The number of nitrogens with one attached hydrogen (secondary N) is 2. The van der Waals surface area contributed by atoms with E-state index in [1.54, 1.807) is 16.7 Å². The van der Waals surface area contributed by atoms with Crippen LogP contribution < -0.4 is 5.32 Å². The van der Waals surface area contributed by atoms with Crippen LogP contribution in [0.1, 0.15) is 42.4 Å². The van der Waals surface area contributed by atoms with Gasteiger partial charge in [-0.3, -0.25) is 9.89 Å². The van der Waals surface area contributed by atoms with E-state index in [1.807, 2.05) is 6.92 Å². The van der Waals surface area contributed by atoms with Crippen LogP contribution in [0.3, 0.4) is 0 Å². The van der Waals surface area contributed by atoms with Crippen LogP contribution in [0.4, 0.5) is 0 Å². The van der Waals surface area contributed by atoms with Crippen molar-refractivity contribution in [2.45, 2.75) is 44.2 Å². The van der Waals surface area contributed by atoms with E-state index < -0.39 is 10.0 Å². The molecule has 1 fully saturated rings. The molecule has 0 aliphatic carbocycles. The second-order valence-electron chi connectivity index (χ2n) is 6.36. The minimum Gasteiger partial charge on any atom is -0.345 e. The zero-order valence-corrected chi connectivity index (χ0v) is 16.8. The fourth-order valence-electron chi connectivity index (χ4n) is 3.12. The quantitative estimate of drug-likeness (QED) is 0.712. The molecule has 2 aromatic rings. The van der Waals surface area contributed by atoms with Gasteiger partial charge in [-0.15, -0.1) is 0 Å². The van der Waals surface area contributed by atoms with Crippen molar-refractivity contribution in [3.8, 4) is 0 Å². The summed E-state index contributed by atoms with van der Waals surface area (Å²) >= 11 is 5.13. The number of amides is 1. The predicted octanol–water partition coefficient (Wildman–Crippen LogP) is 2.07. The number of carbonyl (C=O) groups excluding carboxylic acids is 1. The number of benzene rings is 1. The summed E-state index contributed by atoms with van der Waals surface area (Å²) in [5.41, 5.74) is 0.297. The molecule has 1 saturated heterocycles. The Labute approximate surface area is 163 Å². The van der Waals surface area contributed by atoms with E-state index in [2.05, 4.69) is 15.5 Å². The molecule has 0 spiro atoms. The minimum absolute atomic E-state index is 0.147. The van der Waals surface area contributed by atoms with E-state index in [1.165, 1.54) is 16.4 Å². The smallest absolute Gasteiger partial charge is 0.251 e. The summed E-state index contributed by atoms with van der Waals surface area (Å²) in [6, 6.07) is 6.15. The Morgan fingerprint density at radius 2 is 2.04 bits per heavy atom. The Hall–Kier alpha value is -2.04. The molecule has 8 nitrogen and oxygen atoms in total. The standard InChI is InChI=1S/C17H23N5O3S2/c1-2-22-15(19-20-17(22)26)12-18-16(23)13-7-6-8-14(11-13)27(24,25)21-9-4-3-5-10-21/h6-8,11H,2-5,9-10,12H2,1H3,(H,18,23)(H,20,26). The first-order valence-corrected chi connectivity index (χ1v) is 10.8. The molecule has 0 atom stereocenters. The number of sulfonamides is 1. The Kier molecular flexibility index (Phi) is 6.08. The summed E-state index contributed by atoms with van der Waals surface area (Å²) in [5.74, 6) is 0.259. The highest BCUT2D eigenvalue weighted by Gasteiger charge is 2.26. The average molecular weight is 410 g/mol. The van der Waals surface area contributed by atoms with E-state index in [0.717, 1.165) is 19.3 Å². The topological polar surface area (TPSA) is 100 Å². The van der Waals surface area contributed by atoms with Gasteiger partial charge < -0.3 is 9.88 Å². The molecule has 1 aliphatic rings.